The van der Waals surface area contributed by atoms with Gasteiger partial charge in [0, 0.05) is 24.2 Å². The number of aromatic nitrogens is 2. The topological polar surface area (TPSA) is 47.4 Å². The maximum atomic E-state index is 13.3. The zero-order chi connectivity index (χ0) is 20.5. The molecule has 5 nitrogen and oxygen atoms in total. The number of hydrogen-bond donors (Lipinski definition) is 0. The standard InChI is InChI=1S/C25H35N3O2/c1-30-24-25(29)28(23-15-8-7-14-22(23)26-24)21-16-19-12-9-13-20(17-21)27(19)18-10-5-3-2-4-6-11-18/h7-8,14-15,18-21H,2-6,9-13,16-17H2,1H3/t19-,20+,21?. The van der Waals surface area contributed by atoms with Gasteiger partial charge in [-0.15, -0.1) is 0 Å². The molecule has 1 aromatic heterocycles. The number of piperidine rings is 2. The van der Waals surface area contributed by atoms with Crippen LogP contribution in [0.15, 0.2) is 29.1 Å². The van der Waals surface area contributed by atoms with Gasteiger partial charge < -0.3 is 4.74 Å². The fourth-order valence-electron chi connectivity index (χ4n) is 6.56. The summed E-state index contributed by atoms with van der Waals surface area (Å²) in [5, 5.41) is 0. The first-order valence-corrected chi connectivity index (χ1v) is 12.1. The molecule has 3 fully saturated rings. The van der Waals surface area contributed by atoms with Crippen LogP contribution in [0.2, 0.25) is 0 Å². The smallest absolute Gasteiger partial charge is 0.314 e. The van der Waals surface area contributed by atoms with Crippen molar-refractivity contribution in [1.29, 1.82) is 0 Å². The molecular weight excluding hydrogens is 374 g/mol. The second-order valence-corrected chi connectivity index (χ2v) is 9.59. The first kappa shape index (κ1) is 20.0. The van der Waals surface area contributed by atoms with Gasteiger partial charge in [0.05, 0.1) is 18.1 Å². The Morgan fingerprint density at radius 3 is 2.17 bits per heavy atom. The van der Waals surface area contributed by atoms with Crippen LogP contribution in [0.25, 0.3) is 11.0 Å². The van der Waals surface area contributed by atoms with Crippen LogP contribution in [0.4, 0.5) is 0 Å². The second kappa shape index (κ2) is 8.70. The van der Waals surface area contributed by atoms with Gasteiger partial charge in [-0.05, 0) is 50.7 Å². The number of nitrogens with zero attached hydrogens (tertiary/aromatic N) is 3. The second-order valence-electron chi connectivity index (χ2n) is 9.59. The third kappa shape index (κ3) is 3.66. The summed E-state index contributed by atoms with van der Waals surface area (Å²) in [6.45, 7) is 0. The highest BCUT2D eigenvalue weighted by atomic mass is 16.5. The van der Waals surface area contributed by atoms with Gasteiger partial charge in [0.2, 0.25) is 0 Å². The molecule has 1 aliphatic carbocycles. The molecule has 3 aliphatic rings. The fourth-order valence-corrected chi connectivity index (χ4v) is 6.56. The van der Waals surface area contributed by atoms with Crippen molar-refractivity contribution in [3.63, 3.8) is 0 Å². The van der Waals surface area contributed by atoms with E-state index in [1.54, 1.807) is 7.11 Å². The molecular formula is C25H35N3O2. The third-order valence-corrected chi connectivity index (χ3v) is 7.83. The number of methoxy groups -OCH3 is 1. The molecule has 3 heterocycles. The lowest BCUT2D eigenvalue weighted by Gasteiger charge is -2.53. The minimum Gasteiger partial charge on any atom is -0.477 e. The maximum Gasteiger partial charge on any atom is 0.314 e. The van der Waals surface area contributed by atoms with E-state index in [1.165, 1.54) is 64.2 Å². The molecule has 162 valence electrons. The van der Waals surface area contributed by atoms with E-state index < -0.39 is 0 Å². The van der Waals surface area contributed by atoms with E-state index in [1.807, 2.05) is 28.8 Å². The Balaban J connectivity index is 1.48. The van der Waals surface area contributed by atoms with E-state index in [0.717, 1.165) is 29.9 Å². The summed E-state index contributed by atoms with van der Waals surface area (Å²) in [5.41, 5.74) is 1.73. The molecule has 5 heteroatoms. The van der Waals surface area contributed by atoms with Crippen LogP contribution >= 0.6 is 0 Å². The van der Waals surface area contributed by atoms with Gasteiger partial charge in [-0.25, -0.2) is 4.98 Å². The molecule has 1 saturated carbocycles. The zero-order valence-corrected chi connectivity index (χ0v) is 18.3. The summed E-state index contributed by atoms with van der Waals surface area (Å²) in [6.07, 6.45) is 15.8. The predicted molar refractivity (Wildman–Crippen MR) is 120 cm³/mol. The van der Waals surface area contributed by atoms with Gasteiger partial charge in [-0.3, -0.25) is 14.3 Å². The number of hydrogen-bond acceptors (Lipinski definition) is 4. The molecule has 30 heavy (non-hydrogen) atoms. The Hall–Kier alpha value is -1.88. The van der Waals surface area contributed by atoms with E-state index in [0.29, 0.717) is 12.1 Å². The summed E-state index contributed by atoms with van der Waals surface area (Å²) >= 11 is 0. The van der Waals surface area contributed by atoms with E-state index >= 15 is 0 Å². The summed E-state index contributed by atoms with van der Waals surface area (Å²) in [7, 11) is 1.55. The van der Waals surface area contributed by atoms with Crippen LogP contribution in [0.1, 0.15) is 83.1 Å². The number of ether oxygens (including phenoxy) is 1. The van der Waals surface area contributed by atoms with Crippen LogP contribution in [-0.2, 0) is 0 Å². The van der Waals surface area contributed by atoms with Crippen LogP contribution < -0.4 is 10.3 Å². The molecule has 0 N–H and O–H groups in total. The summed E-state index contributed by atoms with van der Waals surface area (Å²) in [6, 6.07) is 10.2. The molecule has 0 radical (unpaired) electrons. The van der Waals surface area contributed by atoms with Crippen molar-refractivity contribution in [2.75, 3.05) is 7.11 Å². The number of para-hydroxylation sites is 2. The van der Waals surface area contributed by atoms with Crippen LogP contribution in [0.3, 0.4) is 0 Å². The lowest BCUT2D eigenvalue weighted by molar-refractivity contribution is -0.0247. The summed E-state index contributed by atoms with van der Waals surface area (Å²) in [5.74, 6) is 0.223. The van der Waals surface area contributed by atoms with Crippen molar-refractivity contribution < 1.29 is 4.74 Å². The van der Waals surface area contributed by atoms with Crippen molar-refractivity contribution in [2.24, 2.45) is 0 Å². The van der Waals surface area contributed by atoms with E-state index in [4.69, 9.17) is 4.74 Å². The monoisotopic (exact) mass is 409 g/mol. The van der Waals surface area contributed by atoms with Gasteiger partial charge >= 0.3 is 5.56 Å². The molecule has 2 saturated heterocycles. The van der Waals surface area contributed by atoms with E-state index in [9.17, 15) is 4.79 Å². The van der Waals surface area contributed by atoms with E-state index in [-0.39, 0.29) is 17.5 Å². The summed E-state index contributed by atoms with van der Waals surface area (Å²) in [4.78, 5) is 20.6. The zero-order valence-electron chi connectivity index (χ0n) is 18.3. The molecule has 2 aliphatic heterocycles. The SMILES string of the molecule is COc1nc2ccccc2n(C2C[C@H]3CCC[C@@H](C2)N3C2CCCCCCC2)c1=O. The minimum absolute atomic E-state index is 0.0707. The molecule has 0 amide bonds. The van der Waals surface area contributed by atoms with Crippen molar-refractivity contribution in [3.05, 3.63) is 34.6 Å². The lowest BCUT2D eigenvalue weighted by Crippen LogP contribution is -2.57. The van der Waals surface area contributed by atoms with Gasteiger partial charge in [0.25, 0.3) is 5.88 Å². The van der Waals surface area contributed by atoms with Crippen LogP contribution in [0.5, 0.6) is 5.88 Å². The quantitative estimate of drug-likeness (QED) is 0.710. The number of benzene rings is 1. The average molecular weight is 410 g/mol. The Labute approximate surface area is 179 Å². The van der Waals surface area contributed by atoms with Gasteiger partial charge in [0.1, 0.15) is 0 Å². The molecule has 2 bridgehead atoms. The fraction of sp³-hybridized carbons (Fsp3) is 0.680. The third-order valence-electron chi connectivity index (χ3n) is 7.83. The van der Waals surface area contributed by atoms with Crippen molar-refractivity contribution in [1.82, 2.24) is 14.5 Å². The first-order chi connectivity index (χ1) is 14.8. The van der Waals surface area contributed by atoms with E-state index in [2.05, 4.69) is 9.88 Å². The Bertz CT molecular complexity index is 918. The highest BCUT2D eigenvalue weighted by Gasteiger charge is 2.42. The highest BCUT2D eigenvalue weighted by molar-refractivity contribution is 5.75. The van der Waals surface area contributed by atoms with Crippen LogP contribution in [-0.4, -0.2) is 39.7 Å². The number of rotatable bonds is 3. The summed E-state index contributed by atoms with van der Waals surface area (Å²) < 4.78 is 7.38. The Morgan fingerprint density at radius 2 is 1.47 bits per heavy atom. The maximum absolute atomic E-state index is 13.3. The Morgan fingerprint density at radius 1 is 0.833 bits per heavy atom. The Kier molecular flexibility index (Phi) is 5.81. The highest BCUT2D eigenvalue weighted by Crippen LogP contribution is 2.42. The molecule has 1 unspecified atom stereocenters. The molecule has 0 spiro atoms. The molecule has 5 rings (SSSR count). The number of fused-ring (bicyclic) bond motifs is 3. The van der Waals surface area contributed by atoms with Crippen molar-refractivity contribution in [3.8, 4) is 5.88 Å². The molecule has 2 aromatic rings. The largest absolute Gasteiger partial charge is 0.477 e. The predicted octanol–water partition coefficient (Wildman–Crippen LogP) is 5.08. The molecule has 3 atom stereocenters. The van der Waals surface area contributed by atoms with Gasteiger partial charge in [-0.1, -0.05) is 50.7 Å². The van der Waals surface area contributed by atoms with Crippen molar-refractivity contribution in [2.45, 2.75) is 101 Å². The lowest BCUT2D eigenvalue weighted by atomic mass is 9.79. The normalized spacial score (nSPS) is 28.8. The van der Waals surface area contributed by atoms with Crippen molar-refractivity contribution >= 4 is 11.0 Å². The van der Waals surface area contributed by atoms with Gasteiger partial charge in [-0.2, -0.15) is 0 Å². The minimum atomic E-state index is -0.0707. The van der Waals surface area contributed by atoms with Crippen LogP contribution in [0, 0.1) is 0 Å². The first-order valence-electron chi connectivity index (χ1n) is 12.1. The van der Waals surface area contributed by atoms with Gasteiger partial charge in [0.15, 0.2) is 0 Å². The average Bonchev–Trinajstić information content (AvgIpc) is 2.72. The molecule has 1 aromatic carbocycles.